The molecule has 0 radical (unpaired) electrons. The molecule has 4 heterocycles. The van der Waals surface area contributed by atoms with Crippen LogP contribution in [0.3, 0.4) is 0 Å². The van der Waals surface area contributed by atoms with Gasteiger partial charge in [0.2, 0.25) is 0 Å². The quantitative estimate of drug-likeness (QED) is 0.0946. The Labute approximate surface area is 805 Å². The Balaban J connectivity index is 0.757. The van der Waals surface area contributed by atoms with Crippen molar-refractivity contribution >= 4 is 149 Å². The van der Waals surface area contributed by atoms with Gasteiger partial charge in [-0.05, 0) is 315 Å². The smallest absolute Gasteiger partial charge is 0.252 e. The number of fused-ring (bicyclic) bond motifs is 8. The van der Waals surface area contributed by atoms with Gasteiger partial charge < -0.3 is 29.4 Å². The van der Waals surface area contributed by atoms with Crippen LogP contribution in [-0.2, 0) is 54.1 Å². The van der Waals surface area contributed by atoms with Crippen molar-refractivity contribution in [2.24, 2.45) is 0 Å². The summed E-state index contributed by atoms with van der Waals surface area (Å²) in [5.74, 6) is 0. The molecule has 0 atom stereocenters. The molecule has 0 saturated heterocycles. The molecule has 682 valence electrons. The van der Waals surface area contributed by atoms with Crippen molar-refractivity contribution in [3.8, 4) is 0 Å². The van der Waals surface area contributed by atoms with Gasteiger partial charge in [-0.3, -0.25) is 0 Å². The summed E-state index contributed by atoms with van der Waals surface area (Å²) < 4.78 is 0. The second kappa shape index (κ2) is 32.9. The molecule has 0 amide bonds. The van der Waals surface area contributed by atoms with E-state index < -0.39 is 0 Å². The SMILES string of the molecule is Cc1ccc(N(c2ccc(C)cc2)c2cc3c4c(c2)N(c2ccc(C(C)(C)CCC(C)(C)c5ccc(N6c7ccc(C(C)(C)C)cc7B7c8cc(C(C)(C)C)ccc8N(c8ccc(C(C)(C)C)cc8)c8cc(N(c9ccc(C(C)(C)C)cc9)c9ccc(C(C)(C)C)cc9)cc6c87)cc5)cc2)c2ccc(C(C)(C)C)cc2B4c2cc(C(C)(C)C)ccc2N3c2ccc(C(C)(C)C)cc2)cc1. The van der Waals surface area contributed by atoms with Crippen molar-refractivity contribution in [1.82, 2.24) is 0 Å². The Hall–Kier alpha value is -12.0. The Kier molecular flexibility index (Phi) is 22.7. The highest BCUT2D eigenvalue weighted by Gasteiger charge is 2.49. The highest BCUT2D eigenvalue weighted by molar-refractivity contribution is 7.01. The maximum absolute atomic E-state index is 2.64. The molecule has 4 aliphatic heterocycles. The van der Waals surface area contributed by atoms with Gasteiger partial charge in [-0.1, -0.05) is 351 Å². The zero-order valence-corrected chi connectivity index (χ0v) is 86.0. The van der Waals surface area contributed by atoms with Crippen LogP contribution in [0, 0.1) is 13.8 Å². The summed E-state index contributed by atoms with van der Waals surface area (Å²) in [6, 6.07) is 115. The van der Waals surface area contributed by atoms with Crippen LogP contribution in [0.4, 0.5) is 102 Å². The standard InChI is InChI=1S/C126H142B2N6/c1-81-31-51-93(52-32-81)129(94-53-33-82(2)34-54-94)101-77-111-115-113(78-101)133(109-69-49-91(123(21,22)23)75-105(109)127(115)103-73-89(121(15,16)17)47-67-107(103)131(111)97-59-39-85(40-60-97)119(9,10)11)99-63-43-87(44-64-99)125(27,28)71-72-126(29,30)88-45-65-100(66-46-88)134-110-70-50-92(124(24,25)26)76-106(110)128-104-74-90(122(18,19)20)48-68-108(104)132(98-61-41-86(42-62-98)120(12,13)14)112-79-102(80-114(134)116(112)128)130(95-55-35-83(36-56-95)117(3,4)5)96-57-37-84(38-58-96)118(6,7)8/h31-70,73-80H,71-72H2,1-30H3. The van der Waals surface area contributed by atoms with Gasteiger partial charge in [-0.15, -0.1) is 0 Å². The molecule has 0 aromatic heterocycles. The highest BCUT2D eigenvalue weighted by atomic mass is 15.2. The molecule has 0 unspecified atom stereocenters. The molecule has 18 rings (SSSR count). The lowest BCUT2D eigenvalue weighted by atomic mass is 9.33. The summed E-state index contributed by atoms with van der Waals surface area (Å²) in [6.45, 7) is 70.3. The maximum atomic E-state index is 2.64. The maximum Gasteiger partial charge on any atom is 0.252 e. The van der Waals surface area contributed by atoms with Crippen LogP contribution >= 0.6 is 0 Å². The van der Waals surface area contributed by atoms with Crippen molar-refractivity contribution in [3.63, 3.8) is 0 Å². The third kappa shape index (κ3) is 17.1. The molecular formula is C126H142B2N6. The molecule has 4 aliphatic rings. The monoisotopic (exact) mass is 1760 g/mol. The summed E-state index contributed by atoms with van der Waals surface area (Å²) in [7, 11) is 0. The fourth-order valence-corrected chi connectivity index (χ4v) is 21.0. The predicted molar refractivity (Wildman–Crippen MR) is 585 cm³/mol. The summed E-state index contributed by atoms with van der Waals surface area (Å²) in [6.07, 6.45) is 1.93. The predicted octanol–water partition coefficient (Wildman–Crippen LogP) is 31.8. The lowest BCUT2D eigenvalue weighted by Gasteiger charge is -2.45. The number of hydrogen-bond acceptors (Lipinski definition) is 6. The topological polar surface area (TPSA) is 19.4 Å². The van der Waals surface area contributed by atoms with E-state index in [1.54, 1.807) is 0 Å². The Morgan fingerprint density at radius 1 is 0.187 bits per heavy atom. The zero-order valence-electron chi connectivity index (χ0n) is 86.0. The molecule has 0 spiro atoms. The molecule has 0 fully saturated rings. The number of anilines is 18. The normalized spacial score (nSPS) is 14.0. The molecule has 6 nitrogen and oxygen atoms in total. The van der Waals surface area contributed by atoms with Crippen molar-refractivity contribution in [3.05, 3.63) is 358 Å². The first-order chi connectivity index (χ1) is 62.8. The van der Waals surface area contributed by atoms with Gasteiger partial charge in [0.05, 0.1) is 11.4 Å². The van der Waals surface area contributed by atoms with Gasteiger partial charge in [-0.25, -0.2) is 0 Å². The summed E-state index contributed by atoms with van der Waals surface area (Å²) in [5.41, 5.74) is 43.2. The number of hydrogen-bond donors (Lipinski definition) is 0. The van der Waals surface area contributed by atoms with Crippen molar-refractivity contribution < 1.29 is 0 Å². The number of nitrogens with zero attached hydrogens (tertiary/aromatic N) is 6. The average molecular weight is 1760 g/mol. The van der Waals surface area contributed by atoms with Gasteiger partial charge in [0, 0.05) is 91.0 Å². The minimum Gasteiger partial charge on any atom is -0.311 e. The molecule has 8 heteroatoms. The van der Waals surface area contributed by atoms with Crippen molar-refractivity contribution in [2.75, 3.05) is 29.4 Å². The fraction of sp³-hybridized carbons (Fsp3) is 0.333. The highest BCUT2D eigenvalue weighted by Crippen LogP contribution is 2.54. The largest absolute Gasteiger partial charge is 0.311 e. The van der Waals surface area contributed by atoms with E-state index in [0.717, 1.165) is 69.7 Å². The number of benzene rings is 14. The third-order valence-electron chi connectivity index (χ3n) is 29.8. The summed E-state index contributed by atoms with van der Waals surface area (Å²) >= 11 is 0. The van der Waals surface area contributed by atoms with Gasteiger partial charge in [0.1, 0.15) is 0 Å². The first-order valence-electron chi connectivity index (χ1n) is 49.3. The number of rotatable bonds is 15. The molecule has 0 bridgehead atoms. The average Bonchev–Trinajstić information content (AvgIpc) is 0.694. The Bertz CT molecular complexity index is 6690. The second-order valence-corrected chi connectivity index (χ2v) is 49.0. The van der Waals surface area contributed by atoms with Crippen LogP contribution in [0.2, 0.25) is 0 Å². The van der Waals surface area contributed by atoms with Crippen LogP contribution in [0.15, 0.2) is 291 Å². The van der Waals surface area contributed by atoms with Crippen LogP contribution in [0.1, 0.15) is 273 Å². The lowest BCUT2D eigenvalue weighted by molar-refractivity contribution is 0.375. The molecule has 0 N–H and O–H groups in total. The lowest BCUT2D eigenvalue weighted by Crippen LogP contribution is -2.61. The van der Waals surface area contributed by atoms with E-state index in [9.17, 15) is 0 Å². The third-order valence-corrected chi connectivity index (χ3v) is 29.8. The van der Waals surface area contributed by atoms with Gasteiger partial charge in [-0.2, -0.15) is 0 Å². The van der Waals surface area contributed by atoms with Gasteiger partial charge in [0.25, 0.3) is 13.4 Å². The molecular weight excluding hydrogens is 1620 g/mol. The summed E-state index contributed by atoms with van der Waals surface area (Å²) in [4.78, 5) is 15.5. The van der Waals surface area contributed by atoms with Crippen LogP contribution in [0.25, 0.3) is 0 Å². The molecule has 134 heavy (non-hydrogen) atoms. The van der Waals surface area contributed by atoms with E-state index in [1.165, 1.54) is 145 Å². The molecule has 14 aromatic rings. The van der Waals surface area contributed by atoms with E-state index in [1.807, 2.05) is 0 Å². The minimum atomic E-state index is -0.200. The molecule has 0 aliphatic carbocycles. The minimum absolute atomic E-state index is 0.0228. The van der Waals surface area contributed by atoms with E-state index >= 15 is 0 Å². The van der Waals surface area contributed by atoms with Crippen LogP contribution < -0.4 is 62.2 Å². The first-order valence-corrected chi connectivity index (χ1v) is 49.3. The fourth-order valence-electron chi connectivity index (χ4n) is 21.0. The van der Waals surface area contributed by atoms with Gasteiger partial charge >= 0.3 is 0 Å². The van der Waals surface area contributed by atoms with E-state index in [4.69, 9.17) is 0 Å². The van der Waals surface area contributed by atoms with Gasteiger partial charge in [0.15, 0.2) is 0 Å². The first kappa shape index (κ1) is 92.5. The molecule has 14 aromatic carbocycles. The van der Waals surface area contributed by atoms with E-state index in [2.05, 4.69) is 528 Å². The Morgan fingerprint density at radius 3 is 0.567 bits per heavy atom. The number of aryl methyl sites for hydroxylation is 2. The van der Waals surface area contributed by atoms with E-state index in [-0.39, 0.29) is 67.6 Å². The van der Waals surface area contributed by atoms with Crippen molar-refractivity contribution in [2.45, 2.75) is 275 Å². The zero-order chi connectivity index (χ0) is 95.8. The Morgan fingerprint density at radius 2 is 0.366 bits per heavy atom. The van der Waals surface area contributed by atoms with Crippen molar-refractivity contribution in [1.29, 1.82) is 0 Å². The van der Waals surface area contributed by atoms with Crippen LogP contribution in [-0.4, -0.2) is 13.4 Å². The second-order valence-electron chi connectivity index (χ2n) is 49.0. The molecule has 0 saturated carbocycles. The van der Waals surface area contributed by atoms with E-state index in [0.29, 0.717) is 0 Å². The van der Waals surface area contributed by atoms with Crippen LogP contribution in [0.5, 0.6) is 0 Å². The summed E-state index contributed by atoms with van der Waals surface area (Å²) in [5, 5.41) is 0.